The number of anilines is 1. The molecule has 2 aromatic rings. The lowest BCUT2D eigenvalue weighted by atomic mass is 10.0. The Morgan fingerprint density at radius 2 is 1.57 bits per heavy atom. The number of carbonyl (C=O) groups is 2. The maximum absolute atomic E-state index is 12.3. The topological polar surface area (TPSA) is 65.9 Å². The third kappa shape index (κ3) is 6.07. The Labute approximate surface area is 179 Å². The van der Waals surface area contributed by atoms with Crippen molar-refractivity contribution in [1.82, 2.24) is 10.6 Å². The first kappa shape index (κ1) is 21.8. The summed E-state index contributed by atoms with van der Waals surface area (Å²) in [6, 6.07) is 18.6. The van der Waals surface area contributed by atoms with Gasteiger partial charge in [0, 0.05) is 44.7 Å². The van der Waals surface area contributed by atoms with Crippen LogP contribution in [0.3, 0.4) is 0 Å². The maximum atomic E-state index is 12.3. The summed E-state index contributed by atoms with van der Waals surface area (Å²) in [6.07, 6.45) is 3.11. The molecule has 0 bridgehead atoms. The molecule has 0 radical (unpaired) electrons. The molecule has 2 aromatic carbocycles. The molecule has 1 saturated heterocycles. The van der Waals surface area contributed by atoms with Gasteiger partial charge in [-0.2, -0.15) is 0 Å². The van der Waals surface area contributed by atoms with E-state index in [0.717, 1.165) is 24.3 Å². The van der Waals surface area contributed by atoms with Crippen LogP contribution >= 0.6 is 0 Å². The summed E-state index contributed by atoms with van der Waals surface area (Å²) in [5, 5.41) is 5.58. The van der Waals surface area contributed by atoms with Gasteiger partial charge in [-0.25, -0.2) is 0 Å². The molecule has 1 fully saturated rings. The molecule has 6 nitrogen and oxygen atoms in total. The van der Waals surface area contributed by atoms with Gasteiger partial charge in [0.15, 0.2) is 0 Å². The van der Waals surface area contributed by atoms with E-state index in [9.17, 15) is 9.59 Å². The Morgan fingerprint density at radius 3 is 2.20 bits per heavy atom. The summed E-state index contributed by atoms with van der Waals surface area (Å²) in [5.74, 6) is -1.12. The van der Waals surface area contributed by atoms with Gasteiger partial charge in [-0.05, 0) is 24.1 Å². The van der Waals surface area contributed by atoms with E-state index < -0.39 is 11.8 Å². The van der Waals surface area contributed by atoms with Crippen LogP contribution < -0.4 is 20.4 Å². The number of benzene rings is 2. The first-order valence-electron chi connectivity index (χ1n) is 10.8. The second-order valence-electron chi connectivity index (χ2n) is 8.11. The van der Waals surface area contributed by atoms with Crippen molar-refractivity contribution < 1.29 is 14.5 Å². The quantitative estimate of drug-likeness (QED) is 0.569. The molecule has 3 rings (SSSR count). The monoisotopic (exact) mass is 409 g/mol. The van der Waals surface area contributed by atoms with E-state index in [1.807, 2.05) is 44.4 Å². The van der Waals surface area contributed by atoms with E-state index in [1.54, 1.807) is 0 Å². The highest BCUT2D eigenvalue weighted by Crippen LogP contribution is 2.17. The highest BCUT2D eigenvalue weighted by Gasteiger charge is 2.28. The van der Waals surface area contributed by atoms with Gasteiger partial charge in [0.05, 0.1) is 19.6 Å². The predicted octanol–water partition coefficient (Wildman–Crippen LogP) is 0.948. The largest absolute Gasteiger partial charge is 0.378 e. The zero-order chi connectivity index (χ0) is 21.3. The van der Waals surface area contributed by atoms with Gasteiger partial charge in [0.2, 0.25) is 0 Å². The number of quaternary nitrogens is 1. The molecule has 1 heterocycles. The number of hydrogen-bond donors (Lipinski definition) is 3. The zero-order valence-corrected chi connectivity index (χ0v) is 18.0. The Kier molecular flexibility index (Phi) is 7.85. The van der Waals surface area contributed by atoms with Gasteiger partial charge in [-0.1, -0.05) is 42.5 Å². The normalized spacial score (nSPS) is 14.9. The van der Waals surface area contributed by atoms with Crippen LogP contribution in [0.2, 0.25) is 0 Å². The van der Waals surface area contributed by atoms with Gasteiger partial charge in [0.25, 0.3) is 0 Å². The van der Waals surface area contributed by atoms with Crippen LogP contribution in [0.15, 0.2) is 54.6 Å². The fraction of sp³-hybridized carbons (Fsp3) is 0.417. The van der Waals surface area contributed by atoms with Gasteiger partial charge < -0.3 is 20.4 Å². The summed E-state index contributed by atoms with van der Waals surface area (Å²) in [6.45, 7) is 3.10. The van der Waals surface area contributed by atoms with E-state index in [0.29, 0.717) is 19.5 Å². The predicted molar refractivity (Wildman–Crippen MR) is 120 cm³/mol. The van der Waals surface area contributed by atoms with E-state index in [1.165, 1.54) is 23.3 Å². The van der Waals surface area contributed by atoms with Crippen LogP contribution in [0.1, 0.15) is 30.0 Å². The second kappa shape index (κ2) is 10.8. The van der Waals surface area contributed by atoms with Gasteiger partial charge >= 0.3 is 11.8 Å². The number of likely N-dealkylation sites (tertiary alicyclic amines) is 1. The number of hydrogen-bond acceptors (Lipinski definition) is 3. The summed E-state index contributed by atoms with van der Waals surface area (Å²) in [7, 11) is 4.05. The Morgan fingerprint density at radius 1 is 0.933 bits per heavy atom. The van der Waals surface area contributed by atoms with Crippen molar-refractivity contribution in [3.05, 3.63) is 65.7 Å². The lowest BCUT2D eigenvalue weighted by Gasteiger charge is -2.25. The number of amides is 2. The highest BCUT2D eigenvalue weighted by molar-refractivity contribution is 6.35. The fourth-order valence-electron chi connectivity index (χ4n) is 4.00. The summed E-state index contributed by atoms with van der Waals surface area (Å²) < 4.78 is 0. The number of carbonyl (C=O) groups excluding carboxylic acids is 2. The number of rotatable bonds is 8. The highest BCUT2D eigenvalue weighted by atomic mass is 16.2. The molecular weight excluding hydrogens is 376 g/mol. The van der Waals surface area contributed by atoms with Crippen molar-refractivity contribution >= 4 is 17.5 Å². The SMILES string of the molecule is CN(C)c1ccc([C@H](CNC(=O)C(=O)NCCc2ccccc2)[NH+]2CCCC2)cc1. The van der Waals surface area contributed by atoms with Gasteiger partial charge in [0.1, 0.15) is 6.04 Å². The van der Waals surface area contributed by atoms with Crippen LogP contribution in [-0.2, 0) is 16.0 Å². The maximum Gasteiger partial charge on any atom is 0.309 e. The van der Waals surface area contributed by atoms with Crippen molar-refractivity contribution in [3.8, 4) is 0 Å². The van der Waals surface area contributed by atoms with E-state index in [2.05, 4.69) is 39.8 Å². The molecule has 2 amide bonds. The zero-order valence-electron chi connectivity index (χ0n) is 18.0. The van der Waals surface area contributed by atoms with Crippen molar-refractivity contribution in [2.45, 2.75) is 25.3 Å². The first-order valence-corrected chi connectivity index (χ1v) is 10.8. The number of nitrogens with one attached hydrogen (secondary N) is 3. The average molecular weight is 410 g/mol. The molecular formula is C24H33N4O2+. The standard InChI is InChI=1S/C24H32N4O2/c1-27(2)21-12-10-20(11-13-21)22(28-16-6-7-17-28)18-26-24(30)23(29)25-15-14-19-8-4-3-5-9-19/h3-5,8-13,22H,6-7,14-18H2,1-2H3,(H,25,29)(H,26,30)/p+1/t22-/m0/s1. The van der Waals surface area contributed by atoms with Crippen molar-refractivity contribution in [2.24, 2.45) is 0 Å². The van der Waals surface area contributed by atoms with Crippen molar-refractivity contribution in [3.63, 3.8) is 0 Å². The Bertz CT molecular complexity index is 815. The van der Waals surface area contributed by atoms with Gasteiger partial charge in [-0.15, -0.1) is 0 Å². The first-order chi connectivity index (χ1) is 14.5. The van der Waals surface area contributed by atoms with Crippen LogP contribution in [0, 0.1) is 0 Å². The minimum absolute atomic E-state index is 0.157. The number of nitrogens with zero attached hydrogens (tertiary/aromatic N) is 1. The molecule has 0 aliphatic carbocycles. The summed E-state index contributed by atoms with van der Waals surface area (Å²) >= 11 is 0. The second-order valence-corrected chi connectivity index (χ2v) is 8.11. The van der Waals surface area contributed by atoms with E-state index in [-0.39, 0.29) is 6.04 Å². The molecule has 6 heteroatoms. The summed E-state index contributed by atoms with van der Waals surface area (Å²) in [5.41, 5.74) is 3.48. The van der Waals surface area contributed by atoms with Crippen LogP contribution in [-0.4, -0.2) is 52.1 Å². The van der Waals surface area contributed by atoms with Crippen LogP contribution in [0.4, 0.5) is 5.69 Å². The van der Waals surface area contributed by atoms with Crippen molar-refractivity contribution in [1.29, 1.82) is 0 Å². The third-order valence-corrected chi connectivity index (χ3v) is 5.77. The van der Waals surface area contributed by atoms with Gasteiger partial charge in [-0.3, -0.25) is 9.59 Å². The van der Waals surface area contributed by atoms with Crippen molar-refractivity contribution in [2.75, 3.05) is 45.2 Å². The van der Waals surface area contributed by atoms with Crippen LogP contribution in [0.25, 0.3) is 0 Å². The molecule has 0 saturated carbocycles. The average Bonchev–Trinajstić information content (AvgIpc) is 3.29. The molecule has 1 atom stereocenters. The molecule has 160 valence electrons. The molecule has 1 aliphatic rings. The molecule has 30 heavy (non-hydrogen) atoms. The Hall–Kier alpha value is -2.86. The lowest BCUT2D eigenvalue weighted by Crippen LogP contribution is -3.11. The van der Waals surface area contributed by atoms with E-state index in [4.69, 9.17) is 0 Å². The molecule has 0 unspecified atom stereocenters. The molecule has 3 N–H and O–H groups in total. The fourth-order valence-corrected chi connectivity index (χ4v) is 4.00. The molecule has 1 aliphatic heterocycles. The third-order valence-electron chi connectivity index (χ3n) is 5.77. The Balaban J connectivity index is 1.53. The van der Waals surface area contributed by atoms with Crippen LogP contribution in [0.5, 0.6) is 0 Å². The summed E-state index contributed by atoms with van der Waals surface area (Å²) in [4.78, 5) is 28.1. The minimum Gasteiger partial charge on any atom is -0.378 e. The minimum atomic E-state index is -0.566. The van der Waals surface area contributed by atoms with E-state index >= 15 is 0 Å². The molecule has 0 aromatic heterocycles. The molecule has 0 spiro atoms. The smallest absolute Gasteiger partial charge is 0.309 e. The lowest BCUT2D eigenvalue weighted by molar-refractivity contribution is -0.918.